The Bertz CT molecular complexity index is 452. The van der Waals surface area contributed by atoms with Crippen LogP contribution < -0.4 is 5.14 Å². The Labute approximate surface area is 102 Å². The molecular weight excluding hydrogens is 221 g/mol. The standard InChI is InChI=1S/C5H7N3O4S.Na.H/c1-8-3(5(9)10)2-4(7-8)13(6,11)12;;/h2H,1H3,(H,9,10)(H2,6,11,12);;. The van der Waals surface area contributed by atoms with E-state index >= 15 is 0 Å². The average molecular weight is 229 g/mol. The summed E-state index contributed by atoms with van der Waals surface area (Å²) in [5, 5.41) is 16.3. The predicted octanol–water partition coefficient (Wildman–Crippen LogP) is -1.88. The van der Waals surface area contributed by atoms with Crippen LogP contribution in [-0.4, -0.2) is 58.8 Å². The first-order chi connectivity index (χ1) is 5.82. The van der Waals surface area contributed by atoms with Crippen LogP contribution in [0.25, 0.3) is 0 Å². The maximum atomic E-state index is 10.7. The molecule has 0 bridgehead atoms. The van der Waals surface area contributed by atoms with Crippen molar-refractivity contribution < 1.29 is 18.3 Å². The summed E-state index contributed by atoms with van der Waals surface area (Å²) in [5.74, 6) is -1.26. The summed E-state index contributed by atoms with van der Waals surface area (Å²) in [6.45, 7) is 0. The summed E-state index contributed by atoms with van der Waals surface area (Å²) in [6.07, 6.45) is 0. The van der Waals surface area contributed by atoms with E-state index in [1.807, 2.05) is 0 Å². The molecule has 74 valence electrons. The molecule has 3 N–H and O–H groups in total. The molecule has 1 heterocycles. The van der Waals surface area contributed by atoms with E-state index < -0.39 is 21.0 Å². The zero-order valence-corrected chi connectivity index (χ0v) is 7.45. The summed E-state index contributed by atoms with van der Waals surface area (Å²) < 4.78 is 22.4. The Morgan fingerprint density at radius 3 is 2.36 bits per heavy atom. The molecule has 7 nitrogen and oxygen atoms in total. The van der Waals surface area contributed by atoms with Gasteiger partial charge in [-0.3, -0.25) is 4.68 Å². The molecule has 1 aromatic rings. The molecule has 0 spiro atoms. The van der Waals surface area contributed by atoms with Crippen LogP contribution in [0.15, 0.2) is 11.1 Å². The molecule has 0 unspecified atom stereocenters. The van der Waals surface area contributed by atoms with Crippen molar-refractivity contribution in [2.24, 2.45) is 12.2 Å². The Kier molecular flexibility index (Phi) is 4.28. The minimum atomic E-state index is -3.93. The molecule has 1 rings (SSSR count). The van der Waals surface area contributed by atoms with Crippen molar-refractivity contribution in [3.63, 3.8) is 0 Å². The van der Waals surface area contributed by atoms with Gasteiger partial charge in [0.1, 0.15) is 5.69 Å². The number of hydrogen-bond acceptors (Lipinski definition) is 4. The van der Waals surface area contributed by atoms with Gasteiger partial charge >= 0.3 is 35.5 Å². The van der Waals surface area contributed by atoms with Gasteiger partial charge in [-0.05, 0) is 0 Å². The number of aromatic nitrogens is 2. The second-order valence-corrected chi connectivity index (χ2v) is 3.85. The summed E-state index contributed by atoms with van der Waals surface area (Å²) in [7, 11) is -2.62. The number of carbonyl (C=O) groups is 1. The molecule has 0 aliphatic carbocycles. The second kappa shape index (κ2) is 4.41. The SMILES string of the molecule is Cn1nc(S(N)(=O)=O)cc1C(=O)O.[NaH]. The van der Waals surface area contributed by atoms with Gasteiger partial charge in [-0.2, -0.15) is 5.10 Å². The van der Waals surface area contributed by atoms with Gasteiger partial charge in [-0.1, -0.05) is 0 Å². The Morgan fingerprint density at radius 1 is 1.64 bits per heavy atom. The number of nitrogens with two attached hydrogens (primary N) is 1. The van der Waals surface area contributed by atoms with E-state index in [0.29, 0.717) is 0 Å². The molecule has 0 fully saturated rings. The third-order valence-corrected chi connectivity index (χ3v) is 2.15. The molecule has 0 amide bonds. The number of aryl methyl sites for hydroxylation is 1. The molecular formula is C5H8N3NaO4S. The molecule has 0 aliphatic rings. The number of nitrogens with zero attached hydrogens (tertiary/aromatic N) is 2. The van der Waals surface area contributed by atoms with E-state index in [2.05, 4.69) is 5.10 Å². The molecule has 0 atom stereocenters. The van der Waals surface area contributed by atoms with Crippen molar-refractivity contribution >= 4 is 45.5 Å². The Balaban J connectivity index is 0.00000169. The zero-order valence-electron chi connectivity index (χ0n) is 6.63. The van der Waals surface area contributed by atoms with Crippen LogP contribution >= 0.6 is 0 Å². The number of hydrogen-bond donors (Lipinski definition) is 2. The number of carboxylic acid groups (broad SMARTS) is 1. The predicted molar refractivity (Wildman–Crippen MR) is 48.7 cm³/mol. The van der Waals surface area contributed by atoms with E-state index in [9.17, 15) is 13.2 Å². The van der Waals surface area contributed by atoms with Gasteiger partial charge in [0.2, 0.25) is 0 Å². The van der Waals surface area contributed by atoms with Crippen molar-refractivity contribution in [3.8, 4) is 0 Å². The van der Waals surface area contributed by atoms with Crippen molar-refractivity contribution in [3.05, 3.63) is 11.8 Å². The van der Waals surface area contributed by atoms with Crippen LogP contribution in [0, 0.1) is 0 Å². The monoisotopic (exact) mass is 229 g/mol. The number of rotatable bonds is 2. The third kappa shape index (κ3) is 2.79. The number of sulfonamides is 1. The van der Waals surface area contributed by atoms with Gasteiger partial charge < -0.3 is 5.11 Å². The van der Waals surface area contributed by atoms with Crippen LogP contribution in [0.3, 0.4) is 0 Å². The van der Waals surface area contributed by atoms with Crippen molar-refractivity contribution in [1.29, 1.82) is 0 Å². The minimum absolute atomic E-state index is 0. The van der Waals surface area contributed by atoms with E-state index in [4.69, 9.17) is 10.2 Å². The fourth-order valence-electron chi connectivity index (χ4n) is 0.780. The van der Waals surface area contributed by atoms with Gasteiger partial charge in [0.15, 0.2) is 5.03 Å². The molecule has 0 saturated heterocycles. The van der Waals surface area contributed by atoms with E-state index in [1.165, 1.54) is 7.05 Å². The van der Waals surface area contributed by atoms with Crippen LogP contribution in [0.2, 0.25) is 0 Å². The first kappa shape index (κ1) is 13.6. The number of primary sulfonamides is 1. The quantitative estimate of drug-likeness (QED) is 0.576. The molecule has 0 aromatic carbocycles. The molecule has 0 aliphatic heterocycles. The van der Waals surface area contributed by atoms with E-state index in [-0.39, 0.29) is 35.3 Å². The van der Waals surface area contributed by atoms with Gasteiger partial charge in [0.25, 0.3) is 10.0 Å². The van der Waals surface area contributed by atoms with Crippen LogP contribution in [0.5, 0.6) is 0 Å². The normalized spacial score (nSPS) is 10.7. The first-order valence-corrected chi connectivity index (χ1v) is 4.67. The van der Waals surface area contributed by atoms with Gasteiger partial charge in [-0.15, -0.1) is 0 Å². The van der Waals surface area contributed by atoms with Gasteiger partial charge in [0, 0.05) is 13.1 Å². The molecule has 1 aromatic heterocycles. The zero-order chi connectivity index (χ0) is 10.2. The third-order valence-electron chi connectivity index (χ3n) is 1.37. The Hall–Kier alpha value is -0.410. The van der Waals surface area contributed by atoms with Crippen LogP contribution in [0.4, 0.5) is 0 Å². The van der Waals surface area contributed by atoms with Gasteiger partial charge in [-0.25, -0.2) is 18.4 Å². The summed E-state index contributed by atoms with van der Waals surface area (Å²) in [5.41, 5.74) is -0.232. The van der Waals surface area contributed by atoms with Crippen molar-refractivity contribution in [1.82, 2.24) is 9.78 Å². The van der Waals surface area contributed by atoms with Gasteiger partial charge in [0.05, 0.1) is 0 Å². The number of aromatic carboxylic acids is 1. The summed E-state index contributed by atoms with van der Waals surface area (Å²) >= 11 is 0. The van der Waals surface area contributed by atoms with Crippen molar-refractivity contribution in [2.45, 2.75) is 5.03 Å². The van der Waals surface area contributed by atoms with Crippen molar-refractivity contribution in [2.75, 3.05) is 0 Å². The second-order valence-electron chi connectivity index (χ2n) is 2.34. The average Bonchev–Trinajstić information content (AvgIpc) is 2.29. The van der Waals surface area contributed by atoms with Crippen LogP contribution in [-0.2, 0) is 17.1 Å². The fraction of sp³-hybridized carbons (Fsp3) is 0.200. The van der Waals surface area contributed by atoms with E-state index in [0.717, 1.165) is 10.7 Å². The molecule has 9 heteroatoms. The molecule has 14 heavy (non-hydrogen) atoms. The number of carboxylic acids is 1. The summed E-state index contributed by atoms with van der Waals surface area (Å²) in [6, 6.07) is 0.900. The molecule has 0 radical (unpaired) electrons. The fourth-order valence-corrected chi connectivity index (χ4v) is 1.29. The van der Waals surface area contributed by atoms with E-state index in [1.54, 1.807) is 0 Å². The maximum absolute atomic E-state index is 10.7. The first-order valence-electron chi connectivity index (χ1n) is 3.12. The van der Waals surface area contributed by atoms with Crippen LogP contribution in [0.1, 0.15) is 10.5 Å². The summed E-state index contributed by atoms with van der Waals surface area (Å²) in [4.78, 5) is 10.5. The topological polar surface area (TPSA) is 115 Å². The molecule has 0 saturated carbocycles. The Morgan fingerprint density at radius 2 is 2.14 bits per heavy atom.